The molecule has 0 bridgehead atoms. The zero-order chi connectivity index (χ0) is 23.4. The van der Waals surface area contributed by atoms with Crippen LogP contribution in [0.1, 0.15) is 16.6 Å². The normalized spacial score (nSPS) is 22.5. The third-order valence-corrected chi connectivity index (χ3v) is 5.03. The lowest BCUT2D eigenvalue weighted by atomic mass is 10.1. The third-order valence-electron chi connectivity index (χ3n) is 5.03. The third kappa shape index (κ3) is 5.02. The van der Waals surface area contributed by atoms with Crippen LogP contribution in [0.4, 0.5) is 17.2 Å². The van der Waals surface area contributed by atoms with Gasteiger partial charge in [-0.15, -0.1) is 0 Å². The zero-order valence-corrected chi connectivity index (χ0v) is 17.2. The van der Waals surface area contributed by atoms with E-state index in [9.17, 15) is 24.9 Å². The fourth-order valence-corrected chi connectivity index (χ4v) is 3.26. The van der Waals surface area contributed by atoms with Crippen molar-refractivity contribution in [2.75, 3.05) is 11.9 Å². The van der Waals surface area contributed by atoms with Crippen LogP contribution in [0, 0.1) is 0 Å². The van der Waals surface area contributed by atoms with Crippen LogP contribution in [-0.4, -0.2) is 55.7 Å². The summed E-state index contributed by atoms with van der Waals surface area (Å²) in [5.41, 5.74) is 0.786. The first-order valence-electron chi connectivity index (χ1n) is 10.1. The number of benzene rings is 2. The Morgan fingerprint density at radius 3 is 2.27 bits per heavy atom. The lowest BCUT2D eigenvalue weighted by molar-refractivity contribution is -0.0549. The minimum absolute atomic E-state index is 0.000773. The molecule has 170 valence electrons. The maximum atomic E-state index is 12.5. The Balaban J connectivity index is 1.42. The number of ether oxygens (including phenoxy) is 1. The molecule has 0 unspecified atom stereocenters. The van der Waals surface area contributed by atoms with Crippen molar-refractivity contribution in [3.05, 3.63) is 82.9 Å². The van der Waals surface area contributed by atoms with Crippen molar-refractivity contribution in [3.8, 4) is 0 Å². The molecule has 0 radical (unpaired) electrons. The smallest absolute Gasteiger partial charge is 0.351 e. The molecule has 0 saturated carbocycles. The molecule has 4 atom stereocenters. The molecule has 0 spiro atoms. The zero-order valence-electron chi connectivity index (χ0n) is 17.2. The number of rotatable bonds is 6. The Morgan fingerprint density at radius 2 is 1.67 bits per heavy atom. The molecule has 1 saturated heterocycles. The second-order valence-corrected chi connectivity index (χ2v) is 7.27. The van der Waals surface area contributed by atoms with E-state index in [4.69, 9.17) is 4.74 Å². The largest absolute Gasteiger partial charge is 0.394 e. The van der Waals surface area contributed by atoms with Gasteiger partial charge >= 0.3 is 5.69 Å². The van der Waals surface area contributed by atoms with Crippen LogP contribution in [0.25, 0.3) is 0 Å². The summed E-state index contributed by atoms with van der Waals surface area (Å²) in [4.78, 5) is 28.6. The van der Waals surface area contributed by atoms with Gasteiger partial charge in [0.15, 0.2) is 6.23 Å². The van der Waals surface area contributed by atoms with E-state index < -0.39 is 42.7 Å². The van der Waals surface area contributed by atoms with Crippen molar-refractivity contribution < 1.29 is 24.9 Å². The van der Waals surface area contributed by atoms with E-state index >= 15 is 0 Å². The molecule has 33 heavy (non-hydrogen) atoms. The second kappa shape index (κ2) is 9.79. The molecular formula is C22H21N5O6. The summed E-state index contributed by atoms with van der Waals surface area (Å²) in [6, 6.07) is 17.0. The van der Waals surface area contributed by atoms with Crippen molar-refractivity contribution in [1.29, 1.82) is 0 Å². The number of aliphatic hydroxyl groups is 3. The highest BCUT2D eigenvalue weighted by Crippen LogP contribution is 2.28. The lowest BCUT2D eigenvalue weighted by Gasteiger charge is -2.17. The Labute approximate surface area is 187 Å². The summed E-state index contributed by atoms with van der Waals surface area (Å²) in [6.45, 7) is -0.516. The summed E-state index contributed by atoms with van der Waals surface area (Å²) in [6.07, 6.45) is -3.72. The molecule has 4 N–H and O–H groups in total. The molecule has 11 nitrogen and oxygen atoms in total. The minimum atomic E-state index is -1.42. The van der Waals surface area contributed by atoms with Crippen molar-refractivity contribution in [2.24, 2.45) is 10.2 Å². The predicted octanol–water partition coefficient (Wildman–Crippen LogP) is 1.52. The number of amides is 1. The van der Waals surface area contributed by atoms with E-state index in [1.807, 2.05) is 30.3 Å². The number of azo groups is 1. The van der Waals surface area contributed by atoms with E-state index in [2.05, 4.69) is 20.5 Å². The fraction of sp³-hybridized carbons (Fsp3) is 0.227. The Hall–Kier alpha value is -3.77. The molecule has 3 aromatic rings. The van der Waals surface area contributed by atoms with E-state index in [-0.39, 0.29) is 5.82 Å². The molecule has 2 aromatic carbocycles. The van der Waals surface area contributed by atoms with Crippen molar-refractivity contribution in [1.82, 2.24) is 9.55 Å². The first-order valence-corrected chi connectivity index (χ1v) is 10.1. The van der Waals surface area contributed by atoms with Crippen molar-refractivity contribution in [3.63, 3.8) is 0 Å². The Bertz CT molecular complexity index is 1200. The number of nitrogens with zero attached hydrogens (tertiary/aromatic N) is 4. The van der Waals surface area contributed by atoms with Gasteiger partial charge in [0.05, 0.1) is 18.0 Å². The van der Waals surface area contributed by atoms with Crippen molar-refractivity contribution in [2.45, 2.75) is 24.5 Å². The van der Waals surface area contributed by atoms with Gasteiger partial charge in [0, 0.05) is 11.8 Å². The lowest BCUT2D eigenvalue weighted by Crippen LogP contribution is -2.36. The molecule has 11 heteroatoms. The molecule has 4 rings (SSSR count). The van der Waals surface area contributed by atoms with Crippen LogP contribution in [0.3, 0.4) is 0 Å². The van der Waals surface area contributed by atoms with E-state index in [1.54, 1.807) is 24.3 Å². The molecule has 0 aliphatic carbocycles. The number of aliphatic hydroxyl groups excluding tert-OH is 3. The number of anilines is 1. The Kier molecular flexibility index (Phi) is 6.66. The summed E-state index contributed by atoms with van der Waals surface area (Å²) < 4.78 is 6.30. The highest BCUT2D eigenvalue weighted by Gasteiger charge is 2.43. The summed E-state index contributed by atoms with van der Waals surface area (Å²) in [5, 5.41) is 39.8. The van der Waals surface area contributed by atoms with E-state index in [1.165, 1.54) is 12.3 Å². The Morgan fingerprint density at radius 1 is 1.00 bits per heavy atom. The molecule has 1 aliphatic rings. The molecule has 1 amide bonds. The number of hydrogen-bond donors (Lipinski definition) is 4. The van der Waals surface area contributed by atoms with Crippen LogP contribution in [0.5, 0.6) is 0 Å². The van der Waals surface area contributed by atoms with Crippen LogP contribution in [0.15, 0.2) is 81.9 Å². The SMILES string of the molecule is O=C(Nc1ccn([C@@H]2O[C@H](CO)[C@@H](O)[C@H]2O)c(=O)n1)c1ccc(N=Nc2ccccc2)cc1. The quantitative estimate of drug-likeness (QED) is 0.414. The molecule has 1 aliphatic heterocycles. The number of carbonyl (C=O) groups is 1. The summed E-state index contributed by atoms with van der Waals surface area (Å²) in [7, 11) is 0. The summed E-state index contributed by atoms with van der Waals surface area (Å²) >= 11 is 0. The van der Waals surface area contributed by atoms with Gasteiger partial charge in [-0.3, -0.25) is 9.36 Å². The number of aromatic nitrogens is 2. The maximum Gasteiger partial charge on any atom is 0.351 e. The number of hydrogen-bond acceptors (Lipinski definition) is 9. The molecular weight excluding hydrogens is 430 g/mol. The second-order valence-electron chi connectivity index (χ2n) is 7.27. The van der Waals surface area contributed by atoms with Gasteiger partial charge in [-0.05, 0) is 42.5 Å². The average Bonchev–Trinajstić information content (AvgIpc) is 3.12. The average molecular weight is 451 g/mol. The monoisotopic (exact) mass is 451 g/mol. The molecule has 1 fully saturated rings. The van der Waals surface area contributed by atoms with E-state index in [0.29, 0.717) is 16.9 Å². The van der Waals surface area contributed by atoms with Gasteiger partial charge in [-0.25, -0.2) is 4.79 Å². The van der Waals surface area contributed by atoms with Gasteiger partial charge in [0.25, 0.3) is 5.91 Å². The predicted molar refractivity (Wildman–Crippen MR) is 117 cm³/mol. The number of carbonyl (C=O) groups excluding carboxylic acids is 1. The van der Waals surface area contributed by atoms with Crippen LogP contribution >= 0.6 is 0 Å². The highest BCUT2D eigenvalue weighted by atomic mass is 16.6. The van der Waals surface area contributed by atoms with Gasteiger partial charge < -0.3 is 25.4 Å². The standard InChI is InChI=1S/C22H21N5O6/c28-12-16-18(29)19(30)21(33-16)27-11-10-17(24-22(27)32)23-20(31)13-6-8-15(9-7-13)26-25-14-4-2-1-3-5-14/h1-11,16,18-19,21,28-30H,12H2,(H,23,24,31,32)/t16-,18-,19-,21-/m1/s1. The molecule has 1 aromatic heterocycles. The van der Waals surface area contributed by atoms with E-state index in [0.717, 1.165) is 4.57 Å². The van der Waals surface area contributed by atoms with Gasteiger partial charge in [0.1, 0.15) is 24.1 Å². The topological polar surface area (TPSA) is 159 Å². The van der Waals surface area contributed by atoms with Crippen LogP contribution in [-0.2, 0) is 4.74 Å². The van der Waals surface area contributed by atoms with Gasteiger partial charge in [-0.1, -0.05) is 18.2 Å². The minimum Gasteiger partial charge on any atom is -0.394 e. The van der Waals surface area contributed by atoms with Gasteiger partial charge in [-0.2, -0.15) is 15.2 Å². The first-order chi connectivity index (χ1) is 16.0. The fourth-order valence-electron chi connectivity index (χ4n) is 3.26. The molecule has 2 heterocycles. The first kappa shape index (κ1) is 22.4. The highest BCUT2D eigenvalue weighted by molar-refractivity contribution is 6.03. The summed E-state index contributed by atoms with van der Waals surface area (Å²) in [5.74, 6) is -0.486. The van der Waals surface area contributed by atoms with Crippen molar-refractivity contribution >= 4 is 23.1 Å². The van der Waals surface area contributed by atoms with Crippen LogP contribution in [0.2, 0.25) is 0 Å². The van der Waals surface area contributed by atoms with Crippen LogP contribution < -0.4 is 11.0 Å². The number of nitrogens with one attached hydrogen (secondary N) is 1. The van der Waals surface area contributed by atoms with Gasteiger partial charge in [0.2, 0.25) is 0 Å². The maximum absolute atomic E-state index is 12.5.